The molecule has 2 rings (SSSR count). The zero-order valence-electron chi connectivity index (χ0n) is 14.7. The molecule has 0 bridgehead atoms. The molecule has 25 heavy (non-hydrogen) atoms. The summed E-state index contributed by atoms with van der Waals surface area (Å²) in [6.45, 7) is 6.36. The highest BCUT2D eigenvalue weighted by Crippen LogP contribution is 2.13. The number of anilines is 1. The molecule has 0 aliphatic heterocycles. The van der Waals surface area contributed by atoms with E-state index in [9.17, 15) is 8.42 Å². The molecule has 0 unspecified atom stereocenters. The summed E-state index contributed by atoms with van der Waals surface area (Å²) in [5.41, 5.74) is 2.15. The van der Waals surface area contributed by atoms with Gasteiger partial charge >= 0.3 is 0 Å². The zero-order chi connectivity index (χ0) is 18.1. The molecule has 0 amide bonds. The lowest BCUT2D eigenvalue weighted by Gasteiger charge is -2.22. The molecular formula is C19H25NO4S. The van der Waals surface area contributed by atoms with E-state index in [0.717, 1.165) is 24.3 Å². The Bertz CT molecular complexity index is 730. The Morgan fingerprint density at radius 3 is 2.24 bits per heavy atom. The summed E-state index contributed by atoms with van der Waals surface area (Å²) < 4.78 is 34.6. The fourth-order valence-electron chi connectivity index (χ4n) is 2.36. The molecule has 2 aromatic carbocycles. The number of hydrogen-bond acceptors (Lipinski definition) is 5. The van der Waals surface area contributed by atoms with E-state index in [1.165, 1.54) is 0 Å². The summed E-state index contributed by atoms with van der Waals surface area (Å²) in [7, 11) is -3.72. The quantitative estimate of drug-likeness (QED) is 0.479. The normalized spacial score (nSPS) is 11.4. The summed E-state index contributed by atoms with van der Waals surface area (Å²) in [4.78, 5) is 2.36. The van der Waals surface area contributed by atoms with Crippen molar-refractivity contribution in [1.29, 1.82) is 0 Å². The van der Waals surface area contributed by atoms with Gasteiger partial charge in [0, 0.05) is 18.8 Å². The van der Waals surface area contributed by atoms with Crippen LogP contribution >= 0.6 is 0 Å². The lowest BCUT2D eigenvalue weighted by Crippen LogP contribution is -2.27. The van der Waals surface area contributed by atoms with E-state index in [1.807, 2.05) is 25.1 Å². The van der Waals surface area contributed by atoms with Gasteiger partial charge in [-0.15, -0.1) is 0 Å². The summed E-state index contributed by atoms with van der Waals surface area (Å²) in [5, 5.41) is 0. The SMILES string of the molecule is CCN(CCOCCOS(=O)(=O)c1ccc(C)cc1)c1ccccc1. The average molecular weight is 363 g/mol. The molecule has 6 heteroatoms. The van der Waals surface area contributed by atoms with Crippen molar-refractivity contribution in [2.75, 3.05) is 37.8 Å². The number of benzene rings is 2. The number of hydrogen-bond donors (Lipinski definition) is 0. The molecule has 0 spiro atoms. The highest BCUT2D eigenvalue weighted by molar-refractivity contribution is 7.86. The van der Waals surface area contributed by atoms with Crippen LogP contribution in [-0.2, 0) is 19.0 Å². The van der Waals surface area contributed by atoms with Crippen LogP contribution in [-0.4, -0.2) is 41.3 Å². The Hall–Kier alpha value is -1.89. The third-order valence-corrected chi connectivity index (χ3v) is 5.11. The molecule has 0 aliphatic carbocycles. The maximum atomic E-state index is 12.0. The maximum Gasteiger partial charge on any atom is 0.297 e. The maximum absolute atomic E-state index is 12.0. The summed E-state index contributed by atoms with van der Waals surface area (Å²) >= 11 is 0. The molecule has 0 aliphatic rings. The minimum Gasteiger partial charge on any atom is -0.377 e. The van der Waals surface area contributed by atoms with Crippen LogP contribution in [0.25, 0.3) is 0 Å². The van der Waals surface area contributed by atoms with E-state index < -0.39 is 10.1 Å². The minimum absolute atomic E-state index is 0.00761. The summed E-state index contributed by atoms with van der Waals surface area (Å²) in [5.74, 6) is 0. The van der Waals surface area contributed by atoms with Gasteiger partial charge in [0.1, 0.15) is 0 Å². The van der Waals surface area contributed by atoms with Gasteiger partial charge in [-0.3, -0.25) is 4.18 Å². The van der Waals surface area contributed by atoms with Gasteiger partial charge in [-0.05, 0) is 38.1 Å². The highest BCUT2D eigenvalue weighted by Gasteiger charge is 2.14. The predicted molar refractivity (Wildman–Crippen MR) is 99.5 cm³/mol. The van der Waals surface area contributed by atoms with Crippen molar-refractivity contribution in [3.05, 3.63) is 60.2 Å². The molecule has 0 atom stereocenters. The largest absolute Gasteiger partial charge is 0.377 e. The van der Waals surface area contributed by atoms with Gasteiger partial charge in [-0.25, -0.2) is 0 Å². The number of likely N-dealkylation sites (N-methyl/N-ethyl adjacent to an activating group) is 1. The number of rotatable bonds is 10. The van der Waals surface area contributed by atoms with E-state index in [4.69, 9.17) is 8.92 Å². The van der Waals surface area contributed by atoms with Crippen molar-refractivity contribution < 1.29 is 17.3 Å². The molecule has 2 aromatic rings. The van der Waals surface area contributed by atoms with E-state index in [1.54, 1.807) is 24.3 Å². The van der Waals surface area contributed by atoms with Crippen molar-refractivity contribution in [1.82, 2.24) is 0 Å². The monoisotopic (exact) mass is 363 g/mol. The molecule has 0 heterocycles. The summed E-state index contributed by atoms with van der Waals surface area (Å²) in [6.07, 6.45) is 0. The number of aryl methyl sites for hydroxylation is 1. The Labute approximate surface area is 150 Å². The molecule has 0 saturated carbocycles. The topological polar surface area (TPSA) is 55.8 Å². The van der Waals surface area contributed by atoms with Gasteiger partial charge in [0.25, 0.3) is 10.1 Å². The van der Waals surface area contributed by atoms with Gasteiger partial charge in [0.15, 0.2) is 0 Å². The number of nitrogens with zero attached hydrogens (tertiary/aromatic N) is 1. The first-order valence-electron chi connectivity index (χ1n) is 8.37. The summed E-state index contributed by atoms with van der Waals surface area (Å²) in [6, 6.07) is 16.7. The van der Waals surface area contributed by atoms with Crippen LogP contribution in [0.5, 0.6) is 0 Å². The zero-order valence-corrected chi connectivity index (χ0v) is 15.5. The van der Waals surface area contributed by atoms with Gasteiger partial charge in [-0.1, -0.05) is 35.9 Å². The van der Waals surface area contributed by atoms with Crippen molar-refractivity contribution in [3.8, 4) is 0 Å². The lowest BCUT2D eigenvalue weighted by molar-refractivity contribution is 0.107. The standard InChI is InChI=1S/C19H25NO4S/c1-3-20(18-7-5-4-6-8-18)13-14-23-15-16-24-25(21,22)19-11-9-17(2)10-12-19/h4-12H,3,13-16H2,1-2H3. The Morgan fingerprint density at radius 1 is 0.920 bits per heavy atom. The molecular weight excluding hydrogens is 338 g/mol. The third-order valence-electron chi connectivity index (χ3n) is 3.78. The first-order chi connectivity index (χ1) is 12.0. The van der Waals surface area contributed by atoms with Crippen LogP contribution in [0.15, 0.2) is 59.5 Å². The first-order valence-corrected chi connectivity index (χ1v) is 9.77. The second kappa shape index (κ2) is 9.56. The molecule has 0 N–H and O–H groups in total. The molecule has 136 valence electrons. The second-order valence-electron chi connectivity index (χ2n) is 5.62. The van der Waals surface area contributed by atoms with E-state index in [-0.39, 0.29) is 18.1 Å². The number of ether oxygens (including phenoxy) is 1. The second-order valence-corrected chi connectivity index (χ2v) is 7.23. The molecule has 5 nitrogen and oxygen atoms in total. The highest BCUT2D eigenvalue weighted by atomic mass is 32.2. The van der Waals surface area contributed by atoms with Gasteiger partial charge < -0.3 is 9.64 Å². The molecule has 0 saturated heterocycles. The average Bonchev–Trinajstić information content (AvgIpc) is 2.62. The Morgan fingerprint density at radius 2 is 1.60 bits per heavy atom. The predicted octanol–water partition coefficient (Wildman–Crippen LogP) is 3.24. The van der Waals surface area contributed by atoms with Crippen LogP contribution in [0.2, 0.25) is 0 Å². The smallest absolute Gasteiger partial charge is 0.297 e. The lowest BCUT2D eigenvalue weighted by atomic mass is 10.2. The van der Waals surface area contributed by atoms with Crippen LogP contribution in [0.4, 0.5) is 5.69 Å². The van der Waals surface area contributed by atoms with Gasteiger partial charge in [0.05, 0.1) is 24.7 Å². The molecule has 0 fully saturated rings. The molecule has 0 radical (unpaired) electrons. The first kappa shape index (κ1) is 19.4. The van der Waals surface area contributed by atoms with E-state index in [2.05, 4.69) is 24.0 Å². The molecule has 0 aromatic heterocycles. The Kier molecular flexibility index (Phi) is 7.43. The van der Waals surface area contributed by atoms with Crippen LogP contribution in [0, 0.1) is 6.92 Å². The van der Waals surface area contributed by atoms with E-state index in [0.29, 0.717) is 6.61 Å². The Balaban J connectivity index is 1.70. The van der Waals surface area contributed by atoms with Gasteiger partial charge in [-0.2, -0.15) is 8.42 Å². The van der Waals surface area contributed by atoms with Crippen LogP contribution < -0.4 is 4.90 Å². The minimum atomic E-state index is -3.72. The van der Waals surface area contributed by atoms with Crippen molar-refractivity contribution in [2.45, 2.75) is 18.7 Å². The third kappa shape index (κ3) is 6.16. The van der Waals surface area contributed by atoms with E-state index >= 15 is 0 Å². The van der Waals surface area contributed by atoms with Crippen LogP contribution in [0.3, 0.4) is 0 Å². The van der Waals surface area contributed by atoms with Crippen molar-refractivity contribution in [3.63, 3.8) is 0 Å². The number of para-hydroxylation sites is 1. The van der Waals surface area contributed by atoms with Gasteiger partial charge in [0.2, 0.25) is 0 Å². The fourth-order valence-corrected chi connectivity index (χ4v) is 3.25. The van der Waals surface area contributed by atoms with Crippen LogP contribution in [0.1, 0.15) is 12.5 Å². The fraction of sp³-hybridized carbons (Fsp3) is 0.368. The van der Waals surface area contributed by atoms with Crippen molar-refractivity contribution >= 4 is 15.8 Å². The van der Waals surface area contributed by atoms with Crippen molar-refractivity contribution in [2.24, 2.45) is 0 Å².